The molecule has 0 aromatic carbocycles. The van der Waals surface area contributed by atoms with Crippen LogP contribution in [-0.2, 0) is 0 Å². The Morgan fingerprint density at radius 2 is 1.31 bits per heavy atom. The summed E-state index contributed by atoms with van der Waals surface area (Å²) in [6.45, 7) is 26.5. The molecule has 0 saturated heterocycles. The lowest BCUT2D eigenvalue weighted by molar-refractivity contribution is -0.923. The van der Waals surface area contributed by atoms with Crippen LogP contribution in [0.1, 0.15) is 101 Å². The van der Waals surface area contributed by atoms with Gasteiger partial charge in [0.1, 0.15) is 0 Å². The van der Waals surface area contributed by atoms with E-state index in [2.05, 4.69) is 68.4 Å². The first-order valence-electron chi connectivity index (χ1n) is 11.3. The molecule has 152 valence electrons. The summed E-state index contributed by atoms with van der Waals surface area (Å²) < 4.78 is 1.30. The highest BCUT2D eigenvalue weighted by molar-refractivity contribution is 5.43. The van der Waals surface area contributed by atoms with Crippen LogP contribution >= 0.6 is 0 Å². The van der Waals surface area contributed by atoms with Gasteiger partial charge in [-0.05, 0) is 69.3 Å². The molecule has 0 radical (unpaired) electrons. The number of rotatable bonds is 10. The second kappa shape index (κ2) is 9.58. The minimum absolute atomic E-state index is 0.305. The predicted molar refractivity (Wildman–Crippen MR) is 118 cm³/mol. The first-order valence-corrected chi connectivity index (χ1v) is 11.3. The Hall–Kier alpha value is -0.560. The van der Waals surface area contributed by atoms with Crippen LogP contribution in [0, 0.1) is 10.8 Å². The van der Waals surface area contributed by atoms with Crippen LogP contribution in [0.5, 0.6) is 0 Å². The molecule has 0 bridgehead atoms. The van der Waals surface area contributed by atoms with E-state index in [0.717, 1.165) is 0 Å². The molecule has 0 aliphatic heterocycles. The highest BCUT2D eigenvalue weighted by Gasteiger charge is 2.30. The number of hydrogen-bond acceptors (Lipinski definition) is 0. The van der Waals surface area contributed by atoms with E-state index in [-0.39, 0.29) is 0 Å². The highest BCUT2D eigenvalue weighted by Crippen LogP contribution is 2.45. The summed E-state index contributed by atoms with van der Waals surface area (Å²) in [5.41, 5.74) is 5.59. The van der Waals surface area contributed by atoms with E-state index in [1.165, 1.54) is 69.2 Å². The van der Waals surface area contributed by atoms with Gasteiger partial charge in [0.15, 0.2) is 0 Å². The van der Waals surface area contributed by atoms with Crippen molar-refractivity contribution in [3.05, 3.63) is 22.8 Å². The van der Waals surface area contributed by atoms with Gasteiger partial charge < -0.3 is 4.48 Å². The zero-order chi connectivity index (χ0) is 20.0. The molecule has 26 heavy (non-hydrogen) atoms. The molecular formula is C25H48N+. The summed E-state index contributed by atoms with van der Waals surface area (Å²) in [6, 6.07) is 0. The van der Waals surface area contributed by atoms with Crippen molar-refractivity contribution in [3.63, 3.8) is 0 Å². The SMILES string of the molecule is CC[N+](CC)(CC)CCCCCCC1=C(C(C)(C)C)CC(C(C)(C)C)=C1. The van der Waals surface area contributed by atoms with E-state index in [1.807, 2.05) is 0 Å². The zero-order valence-electron chi connectivity index (χ0n) is 19.6. The average Bonchev–Trinajstić information content (AvgIpc) is 3.00. The lowest BCUT2D eigenvalue weighted by Gasteiger charge is -2.35. The van der Waals surface area contributed by atoms with Crippen LogP contribution in [0.15, 0.2) is 22.8 Å². The molecule has 0 heterocycles. The number of quaternary nitrogens is 1. The van der Waals surface area contributed by atoms with E-state index in [0.29, 0.717) is 10.8 Å². The summed E-state index contributed by atoms with van der Waals surface area (Å²) >= 11 is 0. The molecule has 1 rings (SSSR count). The Bertz CT molecular complexity index is 481. The van der Waals surface area contributed by atoms with Gasteiger partial charge in [-0.15, -0.1) is 0 Å². The fraction of sp³-hybridized carbons (Fsp3) is 0.840. The van der Waals surface area contributed by atoms with Crippen molar-refractivity contribution < 1.29 is 4.48 Å². The van der Waals surface area contributed by atoms with Gasteiger partial charge in [0.05, 0.1) is 26.2 Å². The Kier molecular flexibility index (Phi) is 8.65. The van der Waals surface area contributed by atoms with Crippen molar-refractivity contribution in [2.45, 2.75) is 101 Å². The Morgan fingerprint density at radius 3 is 1.77 bits per heavy atom. The first-order chi connectivity index (χ1) is 12.0. The summed E-state index contributed by atoms with van der Waals surface area (Å²) in [4.78, 5) is 0. The van der Waals surface area contributed by atoms with Gasteiger partial charge in [0.25, 0.3) is 0 Å². The van der Waals surface area contributed by atoms with Gasteiger partial charge in [0.2, 0.25) is 0 Å². The smallest absolute Gasteiger partial charge is 0.0786 e. The van der Waals surface area contributed by atoms with Gasteiger partial charge in [-0.3, -0.25) is 0 Å². The third kappa shape index (κ3) is 6.55. The van der Waals surface area contributed by atoms with Crippen molar-refractivity contribution in [1.29, 1.82) is 0 Å². The van der Waals surface area contributed by atoms with E-state index in [9.17, 15) is 0 Å². The van der Waals surface area contributed by atoms with Crippen LogP contribution in [0.2, 0.25) is 0 Å². The Labute approximate surface area is 165 Å². The van der Waals surface area contributed by atoms with Crippen molar-refractivity contribution in [3.8, 4) is 0 Å². The minimum atomic E-state index is 0.305. The Balaban J connectivity index is 2.52. The molecule has 0 amide bonds. The maximum atomic E-state index is 2.55. The molecule has 1 nitrogen and oxygen atoms in total. The average molecular weight is 363 g/mol. The third-order valence-electron chi connectivity index (χ3n) is 6.81. The molecule has 1 aliphatic carbocycles. The number of allylic oxidation sites excluding steroid dienone is 4. The fourth-order valence-corrected chi connectivity index (χ4v) is 4.37. The molecule has 0 saturated carbocycles. The third-order valence-corrected chi connectivity index (χ3v) is 6.81. The van der Waals surface area contributed by atoms with Gasteiger partial charge in [-0.2, -0.15) is 0 Å². The normalized spacial score (nSPS) is 16.4. The van der Waals surface area contributed by atoms with Crippen molar-refractivity contribution in [2.75, 3.05) is 26.2 Å². The highest BCUT2D eigenvalue weighted by atomic mass is 15.3. The van der Waals surface area contributed by atoms with Crippen molar-refractivity contribution >= 4 is 0 Å². The van der Waals surface area contributed by atoms with Crippen LogP contribution < -0.4 is 0 Å². The van der Waals surface area contributed by atoms with E-state index in [4.69, 9.17) is 0 Å². The second-order valence-corrected chi connectivity index (χ2v) is 10.5. The lowest BCUT2D eigenvalue weighted by Crippen LogP contribution is -2.48. The standard InChI is InChI=1S/C25H48N/c1-10-26(11-2,12-3)18-16-14-13-15-17-21-19-22(24(4,5)6)20-23(21)25(7,8)9/h19H,10-18,20H2,1-9H3/q+1. The van der Waals surface area contributed by atoms with E-state index < -0.39 is 0 Å². The second-order valence-electron chi connectivity index (χ2n) is 10.5. The van der Waals surface area contributed by atoms with E-state index >= 15 is 0 Å². The summed E-state index contributed by atoms with van der Waals surface area (Å²) in [7, 11) is 0. The fourth-order valence-electron chi connectivity index (χ4n) is 4.37. The summed E-state index contributed by atoms with van der Waals surface area (Å²) in [6.07, 6.45) is 10.6. The van der Waals surface area contributed by atoms with E-state index in [1.54, 1.807) is 16.7 Å². The van der Waals surface area contributed by atoms with Gasteiger partial charge in [-0.1, -0.05) is 65.2 Å². The van der Waals surface area contributed by atoms with Gasteiger partial charge in [0, 0.05) is 0 Å². The first kappa shape index (κ1) is 23.5. The molecule has 0 fully saturated rings. The van der Waals surface area contributed by atoms with Gasteiger partial charge in [-0.25, -0.2) is 0 Å². The molecule has 0 aromatic rings. The minimum Gasteiger partial charge on any atom is -0.324 e. The Morgan fingerprint density at radius 1 is 0.769 bits per heavy atom. The topological polar surface area (TPSA) is 0 Å². The molecular weight excluding hydrogens is 314 g/mol. The monoisotopic (exact) mass is 362 g/mol. The maximum Gasteiger partial charge on any atom is 0.0786 e. The van der Waals surface area contributed by atoms with Gasteiger partial charge >= 0.3 is 0 Å². The summed E-state index contributed by atoms with van der Waals surface area (Å²) in [5, 5.41) is 0. The van der Waals surface area contributed by atoms with Crippen LogP contribution in [0.4, 0.5) is 0 Å². The molecule has 0 aromatic heterocycles. The predicted octanol–water partition coefficient (Wildman–Crippen LogP) is 7.53. The van der Waals surface area contributed by atoms with Crippen LogP contribution in [0.3, 0.4) is 0 Å². The maximum absolute atomic E-state index is 2.55. The summed E-state index contributed by atoms with van der Waals surface area (Å²) in [5.74, 6) is 0. The lowest BCUT2D eigenvalue weighted by atomic mass is 9.79. The molecule has 0 N–H and O–H groups in total. The molecule has 0 spiro atoms. The van der Waals surface area contributed by atoms with Crippen LogP contribution in [-0.4, -0.2) is 30.7 Å². The molecule has 1 aliphatic rings. The number of unbranched alkanes of at least 4 members (excludes halogenated alkanes) is 3. The van der Waals surface area contributed by atoms with Crippen molar-refractivity contribution in [1.82, 2.24) is 0 Å². The largest absolute Gasteiger partial charge is 0.324 e. The zero-order valence-corrected chi connectivity index (χ0v) is 19.6. The number of nitrogens with zero attached hydrogens (tertiary/aromatic N) is 1. The molecule has 0 atom stereocenters. The number of hydrogen-bond donors (Lipinski definition) is 0. The molecule has 1 heteroatoms. The quantitative estimate of drug-likeness (QED) is 0.278. The van der Waals surface area contributed by atoms with Crippen LogP contribution in [0.25, 0.3) is 0 Å². The molecule has 0 unspecified atom stereocenters. The van der Waals surface area contributed by atoms with Crippen molar-refractivity contribution in [2.24, 2.45) is 10.8 Å².